The first-order chi connectivity index (χ1) is 10.1. The van der Waals surface area contributed by atoms with E-state index in [0.717, 1.165) is 36.8 Å². The molecule has 2 rings (SSSR count). The van der Waals surface area contributed by atoms with Crippen LogP contribution >= 0.6 is 15.9 Å². The van der Waals surface area contributed by atoms with E-state index < -0.39 is 0 Å². The molecule has 1 heterocycles. The minimum atomic E-state index is 0.0568. The van der Waals surface area contributed by atoms with Gasteiger partial charge in [-0.25, -0.2) is 0 Å². The third-order valence-corrected chi connectivity index (χ3v) is 4.84. The number of rotatable bonds is 5. The van der Waals surface area contributed by atoms with Crippen molar-refractivity contribution in [3.05, 3.63) is 34.3 Å². The van der Waals surface area contributed by atoms with Crippen LogP contribution in [0.15, 0.2) is 28.7 Å². The topological polar surface area (TPSA) is 41.1 Å². The number of amides is 1. The van der Waals surface area contributed by atoms with Crippen molar-refractivity contribution in [2.45, 2.75) is 39.2 Å². The maximum atomic E-state index is 12.5. The Morgan fingerprint density at radius 3 is 3.00 bits per heavy atom. The lowest BCUT2D eigenvalue weighted by atomic mass is 9.92. The van der Waals surface area contributed by atoms with Gasteiger partial charge in [0.05, 0.1) is 0 Å². The van der Waals surface area contributed by atoms with E-state index in [1.807, 2.05) is 12.1 Å². The van der Waals surface area contributed by atoms with Crippen LogP contribution in [-0.4, -0.2) is 25.0 Å². The Bertz CT molecular complexity index is 478. The van der Waals surface area contributed by atoms with Gasteiger partial charge in [0.1, 0.15) is 0 Å². The Labute approximate surface area is 136 Å². The lowest BCUT2D eigenvalue weighted by Crippen LogP contribution is -2.50. The molecule has 1 aromatic carbocycles. The highest BCUT2D eigenvalue weighted by Gasteiger charge is 2.25. The molecule has 3 unspecified atom stereocenters. The monoisotopic (exact) mass is 352 g/mol. The zero-order valence-corrected chi connectivity index (χ0v) is 14.4. The van der Waals surface area contributed by atoms with Crippen molar-refractivity contribution in [1.82, 2.24) is 10.6 Å². The van der Waals surface area contributed by atoms with Gasteiger partial charge in [-0.05, 0) is 56.0 Å². The Hall–Kier alpha value is -0.870. The molecule has 1 amide bonds. The summed E-state index contributed by atoms with van der Waals surface area (Å²) in [5.74, 6) is 0.767. The van der Waals surface area contributed by atoms with Crippen LogP contribution in [0, 0.1) is 11.8 Å². The highest BCUT2D eigenvalue weighted by atomic mass is 79.9. The molecule has 1 fully saturated rings. The Kier molecular flexibility index (Phi) is 6.24. The summed E-state index contributed by atoms with van der Waals surface area (Å²) < 4.78 is 1.07. The van der Waals surface area contributed by atoms with Crippen molar-refractivity contribution < 1.29 is 4.79 Å². The van der Waals surface area contributed by atoms with E-state index >= 15 is 0 Å². The molecule has 1 aliphatic rings. The van der Waals surface area contributed by atoms with Gasteiger partial charge in [-0.2, -0.15) is 0 Å². The highest BCUT2D eigenvalue weighted by molar-refractivity contribution is 9.10. The van der Waals surface area contributed by atoms with Gasteiger partial charge in [-0.1, -0.05) is 41.9 Å². The average molecular weight is 353 g/mol. The molecule has 0 aliphatic carbocycles. The number of hydrogen-bond donors (Lipinski definition) is 2. The molecule has 116 valence electrons. The van der Waals surface area contributed by atoms with Gasteiger partial charge in [0, 0.05) is 16.4 Å². The molecule has 4 heteroatoms. The van der Waals surface area contributed by atoms with E-state index in [-0.39, 0.29) is 11.8 Å². The van der Waals surface area contributed by atoms with Gasteiger partial charge >= 0.3 is 0 Å². The maximum Gasteiger partial charge on any atom is 0.223 e. The van der Waals surface area contributed by atoms with E-state index in [0.29, 0.717) is 12.0 Å². The second-order valence-electron chi connectivity index (χ2n) is 6.02. The van der Waals surface area contributed by atoms with Gasteiger partial charge in [0.25, 0.3) is 0 Å². The lowest BCUT2D eigenvalue weighted by Gasteiger charge is -2.31. The summed E-state index contributed by atoms with van der Waals surface area (Å²) in [7, 11) is 0. The standard InChI is InChI=1S/C17H25BrN2O/c1-3-14(9-13-5-4-6-15(18)10-13)17(21)20-16-7-8-19-11-12(16)2/h4-6,10,12,14,16,19H,3,7-9,11H2,1-2H3,(H,20,21). The van der Waals surface area contributed by atoms with Crippen LogP contribution < -0.4 is 10.6 Å². The quantitative estimate of drug-likeness (QED) is 0.854. The minimum Gasteiger partial charge on any atom is -0.353 e. The van der Waals surface area contributed by atoms with Crippen molar-refractivity contribution in [3.8, 4) is 0 Å². The van der Waals surface area contributed by atoms with Gasteiger partial charge in [0.2, 0.25) is 5.91 Å². The molecule has 0 saturated carbocycles. The molecule has 0 aromatic heterocycles. The number of hydrogen-bond acceptors (Lipinski definition) is 2. The van der Waals surface area contributed by atoms with E-state index in [1.54, 1.807) is 0 Å². The SMILES string of the molecule is CCC(Cc1cccc(Br)c1)C(=O)NC1CCNCC1C. The van der Waals surface area contributed by atoms with Gasteiger partial charge in [0.15, 0.2) is 0 Å². The highest BCUT2D eigenvalue weighted by Crippen LogP contribution is 2.18. The molecule has 1 aliphatic heterocycles. The number of halogens is 1. The van der Waals surface area contributed by atoms with Crippen molar-refractivity contribution in [3.63, 3.8) is 0 Å². The van der Waals surface area contributed by atoms with E-state index in [9.17, 15) is 4.79 Å². The molecular weight excluding hydrogens is 328 g/mol. The van der Waals surface area contributed by atoms with Crippen LogP contribution in [-0.2, 0) is 11.2 Å². The summed E-state index contributed by atoms with van der Waals surface area (Å²) in [4.78, 5) is 12.5. The van der Waals surface area contributed by atoms with Crippen LogP contribution in [0.2, 0.25) is 0 Å². The predicted octanol–water partition coefficient (Wildman–Crippen LogP) is 3.13. The fourth-order valence-electron chi connectivity index (χ4n) is 2.90. The molecule has 21 heavy (non-hydrogen) atoms. The molecular formula is C17H25BrN2O. The number of benzene rings is 1. The number of carbonyl (C=O) groups excluding carboxylic acids is 1. The summed E-state index contributed by atoms with van der Waals surface area (Å²) in [5.41, 5.74) is 1.21. The Balaban J connectivity index is 1.95. The second-order valence-corrected chi connectivity index (χ2v) is 6.94. The Morgan fingerprint density at radius 2 is 2.33 bits per heavy atom. The summed E-state index contributed by atoms with van der Waals surface area (Å²) in [6, 6.07) is 8.55. The molecule has 1 saturated heterocycles. The first-order valence-electron chi connectivity index (χ1n) is 7.85. The zero-order chi connectivity index (χ0) is 15.2. The molecule has 2 N–H and O–H groups in total. The van der Waals surface area contributed by atoms with Crippen molar-refractivity contribution >= 4 is 21.8 Å². The van der Waals surface area contributed by atoms with Crippen molar-refractivity contribution in [1.29, 1.82) is 0 Å². The fourth-order valence-corrected chi connectivity index (χ4v) is 3.35. The molecule has 1 aromatic rings. The lowest BCUT2D eigenvalue weighted by molar-refractivity contribution is -0.126. The first-order valence-corrected chi connectivity index (χ1v) is 8.65. The van der Waals surface area contributed by atoms with Crippen LogP contribution in [0.4, 0.5) is 0 Å². The normalized spacial score (nSPS) is 23.6. The van der Waals surface area contributed by atoms with Crippen molar-refractivity contribution in [2.24, 2.45) is 11.8 Å². The number of nitrogens with one attached hydrogen (secondary N) is 2. The second kappa shape index (κ2) is 7.95. The fraction of sp³-hybridized carbons (Fsp3) is 0.588. The van der Waals surface area contributed by atoms with Crippen LogP contribution in [0.3, 0.4) is 0 Å². The van der Waals surface area contributed by atoms with Gasteiger partial charge < -0.3 is 10.6 Å². The zero-order valence-electron chi connectivity index (χ0n) is 12.9. The van der Waals surface area contributed by atoms with Crippen LogP contribution in [0.5, 0.6) is 0 Å². The largest absolute Gasteiger partial charge is 0.353 e. The molecule has 0 bridgehead atoms. The van der Waals surface area contributed by atoms with Crippen LogP contribution in [0.25, 0.3) is 0 Å². The maximum absolute atomic E-state index is 12.5. The number of piperidine rings is 1. The smallest absolute Gasteiger partial charge is 0.223 e. The third-order valence-electron chi connectivity index (χ3n) is 4.35. The number of carbonyl (C=O) groups is 1. The van der Waals surface area contributed by atoms with E-state index in [4.69, 9.17) is 0 Å². The molecule has 0 radical (unpaired) electrons. The predicted molar refractivity (Wildman–Crippen MR) is 90.2 cm³/mol. The molecule has 3 nitrogen and oxygen atoms in total. The summed E-state index contributed by atoms with van der Waals surface area (Å²) in [6.07, 6.45) is 2.71. The summed E-state index contributed by atoms with van der Waals surface area (Å²) in [6.45, 7) is 6.28. The van der Waals surface area contributed by atoms with Gasteiger partial charge in [-0.15, -0.1) is 0 Å². The first kappa shape index (κ1) is 16.5. The molecule has 3 atom stereocenters. The van der Waals surface area contributed by atoms with E-state index in [1.165, 1.54) is 5.56 Å². The summed E-state index contributed by atoms with van der Waals surface area (Å²) in [5, 5.41) is 6.63. The van der Waals surface area contributed by atoms with E-state index in [2.05, 4.69) is 52.5 Å². The van der Waals surface area contributed by atoms with Crippen molar-refractivity contribution in [2.75, 3.05) is 13.1 Å². The average Bonchev–Trinajstić information content (AvgIpc) is 2.47. The van der Waals surface area contributed by atoms with Crippen LogP contribution in [0.1, 0.15) is 32.3 Å². The Morgan fingerprint density at radius 1 is 1.52 bits per heavy atom. The summed E-state index contributed by atoms with van der Waals surface area (Å²) >= 11 is 3.49. The third kappa shape index (κ3) is 4.82. The van der Waals surface area contributed by atoms with Gasteiger partial charge in [-0.3, -0.25) is 4.79 Å². The minimum absolute atomic E-state index is 0.0568. The molecule has 0 spiro atoms.